The molecule has 152 valence electrons. The summed E-state index contributed by atoms with van der Waals surface area (Å²) in [6.45, 7) is 12.7. The lowest BCUT2D eigenvalue weighted by Gasteiger charge is -2.30. The first-order chi connectivity index (χ1) is 13.0. The highest BCUT2D eigenvalue weighted by atomic mass is 32.1. The minimum atomic E-state index is 0.0571. The number of likely N-dealkylation sites (tertiary alicyclic amines) is 1. The van der Waals surface area contributed by atoms with Gasteiger partial charge in [0.25, 0.3) is 0 Å². The number of carbonyl (C=O) groups excluding carboxylic acids is 1. The van der Waals surface area contributed by atoms with Gasteiger partial charge in [-0.05, 0) is 41.9 Å². The summed E-state index contributed by atoms with van der Waals surface area (Å²) in [7, 11) is 1.80. The monoisotopic (exact) mass is 393 g/mol. The molecule has 2 rings (SSSR count). The fourth-order valence-electron chi connectivity index (χ4n) is 3.61. The number of guanidine groups is 1. The molecular weight excluding hydrogens is 358 g/mol. The van der Waals surface area contributed by atoms with Crippen molar-refractivity contribution in [3.8, 4) is 0 Å². The summed E-state index contributed by atoms with van der Waals surface area (Å²) >= 11 is 1.74. The molecule has 0 spiro atoms. The van der Waals surface area contributed by atoms with E-state index < -0.39 is 0 Å². The Hall–Kier alpha value is -1.60. The van der Waals surface area contributed by atoms with E-state index in [1.54, 1.807) is 18.4 Å². The van der Waals surface area contributed by atoms with Crippen molar-refractivity contribution in [3.63, 3.8) is 0 Å². The van der Waals surface area contributed by atoms with Gasteiger partial charge in [-0.3, -0.25) is 14.7 Å². The van der Waals surface area contributed by atoms with Crippen molar-refractivity contribution < 1.29 is 4.79 Å². The highest BCUT2D eigenvalue weighted by molar-refractivity contribution is 7.07. The topological polar surface area (TPSA) is 60.0 Å². The number of nitrogens with zero attached hydrogens (tertiary/aromatic N) is 3. The molecule has 1 aliphatic heterocycles. The highest BCUT2D eigenvalue weighted by Gasteiger charge is 2.28. The SMILES string of the molecule is CCN(CC)C(CNC(=NC)NC1CCN(C(=O)C(C)C)C1)c1ccsc1. The Bertz CT molecular complexity index is 598. The van der Waals surface area contributed by atoms with Crippen molar-refractivity contribution in [2.24, 2.45) is 10.9 Å². The molecular formula is C20H35N5OS. The molecule has 0 bridgehead atoms. The van der Waals surface area contributed by atoms with Crippen molar-refractivity contribution >= 4 is 23.2 Å². The van der Waals surface area contributed by atoms with Crippen LogP contribution in [-0.4, -0.2) is 67.5 Å². The maximum Gasteiger partial charge on any atom is 0.225 e. The van der Waals surface area contributed by atoms with Gasteiger partial charge in [0.2, 0.25) is 5.91 Å². The van der Waals surface area contributed by atoms with Gasteiger partial charge in [0, 0.05) is 38.6 Å². The van der Waals surface area contributed by atoms with Gasteiger partial charge in [-0.15, -0.1) is 0 Å². The molecule has 1 saturated heterocycles. The van der Waals surface area contributed by atoms with Gasteiger partial charge in [0.05, 0.1) is 6.04 Å². The minimum Gasteiger partial charge on any atom is -0.354 e. The molecule has 1 aromatic heterocycles. The zero-order chi connectivity index (χ0) is 19.8. The number of nitrogens with one attached hydrogen (secondary N) is 2. The number of rotatable bonds is 8. The van der Waals surface area contributed by atoms with Crippen LogP contribution in [0, 0.1) is 5.92 Å². The van der Waals surface area contributed by atoms with E-state index >= 15 is 0 Å². The van der Waals surface area contributed by atoms with Crippen LogP contribution in [0.5, 0.6) is 0 Å². The Labute approximate surface area is 168 Å². The van der Waals surface area contributed by atoms with Crippen molar-refractivity contribution in [2.45, 2.75) is 46.2 Å². The third-order valence-corrected chi connectivity index (χ3v) is 5.90. The second-order valence-corrected chi connectivity index (χ2v) is 8.10. The first-order valence-electron chi connectivity index (χ1n) is 10.0. The van der Waals surface area contributed by atoms with Gasteiger partial charge >= 0.3 is 0 Å². The van der Waals surface area contributed by atoms with Crippen molar-refractivity contribution in [2.75, 3.05) is 39.8 Å². The van der Waals surface area contributed by atoms with Crippen molar-refractivity contribution in [3.05, 3.63) is 22.4 Å². The molecule has 1 amide bonds. The van der Waals surface area contributed by atoms with Gasteiger partial charge in [0.1, 0.15) is 0 Å². The number of likely N-dealkylation sites (N-methyl/N-ethyl adjacent to an activating group) is 1. The van der Waals surface area contributed by atoms with E-state index in [0.717, 1.165) is 45.1 Å². The molecule has 27 heavy (non-hydrogen) atoms. The van der Waals surface area contributed by atoms with E-state index in [-0.39, 0.29) is 17.9 Å². The molecule has 1 aromatic rings. The normalized spacial score (nSPS) is 19.0. The van der Waals surface area contributed by atoms with Crippen LogP contribution >= 0.6 is 11.3 Å². The smallest absolute Gasteiger partial charge is 0.225 e. The van der Waals surface area contributed by atoms with E-state index in [0.29, 0.717) is 6.04 Å². The lowest BCUT2D eigenvalue weighted by Crippen LogP contribution is -2.47. The third kappa shape index (κ3) is 5.94. The molecule has 2 heterocycles. The van der Waals surface area contributed by atoms with Crippen molar-refractivity contribution in [1.29, 1.82) is 0 Å². The van der Waals surface area contributed by atoms with Crippen LogP contribution in [0.25, 0.3) is 0 Å². The summed E-state index contributed by atoms with van der Waals surface area (Å²) in [6, 6.07) is 2.79. The van der Waals surface area contributed by atoms with E-state index in [9.17, 15) is 4.79 Å². The Kier molecular flexibility index (Phi) is 8.57. The Morgan fingerprint density at radius 3 is 2.70 bits per heavy atom. The molecule has 1 fully saturated rings. The van der Waals surface area contributed by atoms with Crippen LogP contribution in [-0.2, 0) is 4.79 Å². The van der Waals surface area contributed by atoms with E-state index in [1.807, 2.05) is 18.7 Å². The average Bonchev–Trinajstić information content (AvgIpc) is 3.35. The Morgan fingerprint density at radius 2 is 2.15 bits per heavy atom. The van der Waals surface area contributed by atoms with Gasteiger partial charge in [0.15, 0.2) is 5.96 Å². The zero-order valence-corrected chi connectivity index (χ0v) is 18.2. The molecule has 6 nitrogen and oxygen atoms in total. The number of amides is 1. The van der Waals surface area contributed by atoms with Crippen molar-refractivity contribution in [1.82, 2.24) is 20.4 Å². The van der Waals surface area contributed by atoms with Crippen LogP contribution in [0.4, 0.5) is 0 Å². The highest BCUT2D eigenvalue weighted by Crippen LogP contribution is 2.22. The predicted molar refractivity (Wildman–Crippen MR) is 114 cm³/mol. The largest absolute Gasteiger partial charge is 0.354 e. The summed E-state index contributed by atoms with van der Waals surface area (Å²) < 4.78 is 0. The summed E-state index contributed by atoms with van der Waals surface area (Å²) in [5.74, 6) is 1.11. The van der Waals surface area contributed by atoms with Crippen LogP contribution in [0.2, 0.25) is 0 Å². The quantitative estimate of drug-likeness (QED) is 0.526. The van der Waals surface area contributed by atoms with Crippen LogP contribution in [0.15, 0.2) is 21.8 Å². The van der Waals surface area contributed by atoms with Crippen LogP contribution in [0.3, 0.4) is 0 Å². The van der Waals surface area contributed by atoms with Crippen LogP contribution < -0.4 is 10.6 Å². The molecule has 0 saturated carbocycles. The lowest BCUT2D eigenvalue weighted by atomic mass is 10.1. The third-order valence-electron chi connectivity index (χ3n) is 5.20. The van der Waals surface area contributed by atoms with E-state index in [1.165, 1.54) is 5.56 Å². The number of hydrogen-bond donors (Lipinski definition) is 2. The van der Waals surface area contributed by atoms with Crippen LogP contribution in [0.1, 0.15) is 45.7 Å². The first-order valence-corrected chi connectivity index (χ1v) is 11.0. The number of hydrogen-bond acceptors (Lipinski definition) is 4. The zero-order valence-electron chi connectivity index (χ0n) is 17.4. The molecule has 2 atom stereocenters. The average molecular weight is 394 g/mol. The molecule has 0 aliphatic carbocycles. The second kappa shape index (κ2) is 10.7. The van der Waals surface area contributed by atoms with Gasteiger partial charge < -0.3 is 15.5 Å². The standard InChI is InChI=1S/C20H35N5OS/c1-6-24(7-2)18(16-9-11-27-14-16)12-22-20(21-5)23-17-8-10-25(13-17)19(26)15(3)4/h9,11,14-15,17-18H,6-8,10,12-13H2,1-5H3,(H2,21,22,23). The first kappa shape index (κ1) is 21.7. The maximum absolute atomic E-state index is 12.2. The van der Waals surface area contributed by atoms with Gasteiger partial charge in [-0.1, -0.05) is 27.7 Å². The number of aliphatic imine (C=N–C) groups is 1. The fourth-order valence-corrected chi connectivity index (χ4v) is 4.32. The summed E-state index contributed by atoms with van der Waals surface area (Å²) in [5, 5.41) is 11.4. The minimum absolute atomic E-state index is 0.0571. The number of thiophene rings is 1. The summed E-state index contributed by atoms with van der Waals surface area (Å²) in [5.41, 5.74) is 1.35. The maximum atomic E-state index is 12.2. The van der Waals surface area contributed by atoms with E-state index in [2.05, 4.69) is 51.2 Å². The fraction of sp³-hybridized carbons (Fsp3) is 0.700. The summed E-state index contributed by atoms with van der Waals surface area (Å²) in [6.07, 6.45) is 0.961. The van der Waals surface area contributed by atoms with E-state index in [4.69, 9.17) is 0 Å². The molecule has 2 unspecified atom stereocenters. The molecule has 2 N–H and O–H groups in total. The molecule has 7 heteroatoms. The summed E-state index contributed by atoms with van der Waals surface area (Å²) in [4.78, 5) is 21.0. The lowest BCUT2D eigenvalue weighted by molar-refractivity contribution is -0.133. The van der Waals surface area contributed by atoms with Gasteiger partial charge in [-0.25, -0.2) is 0 Å². The second-order valence-electron chi connectivity index (χ2n) is 7.32. The Balaban J connectivity index is 1.91. The van der Waals surface area contributed by atoms with Gasteiger partial charge in [-0.2, -0.15) is 11.3 Å². The number of carbonyl (C=O) groups is 1. The molecule has 1 aliphatic rings. The predicted octanol–water partition coefficient (Wildman–Crippen LogP) is 2.55. The Morgan fingerprint density at radius 1 is 1.41 bits per heavy atom. The molecule has 0 radical (unpaired) electrons. The molecule has 0 aromatic carbocycles.